The predicted molar refractivity (Wildman–Crippen MR) is 90.1 cm³/mol. The normalized spacial score (nSPS) is 23.4. The average molecular weight is 404 g/mol. The molecule has 0 aliphatic carbocycles. The number of alkyl halides is 4. The van der Waals surface area contributed by atoms with E-state index in [0.29, 0.717) is 11.5 Å². The van der Waals surface area contributed by atoms with Crippen LogP contribution in [0.4, 0.5) is 17.6 Å². The van der Waals surface area contributed by atoms with E-state index in [9.17, 15) is 27.2 Å². The number of carboxylic acid groups (broad SMARTS) is 1. The number of hydrogen-bond donors (Lipinski definition) is 3. The summed E-state index contributed by atoms with van der Waals surface area (Å²) in [7, 11) is 0. The molecule has 2 fully saturated rings. The third kappa shape index (κ3) is 5.28. The van der Waals surface area contributed by atoms with E-state index in [0.717, 1.165) is 25.9 Å². The van der Waals surface area contributed by atoms with Crippen LogP contribution in [0.2, 0.25) is 0 Å². The highest BCUT2D eigenvalue weighted by Crippen LogP contribution is 2.35. The summed E-state index contributed by atoms with van der Waals surface area (Å²) in [6, 6.07) is 7.20. The van der Waals surface area contributed by atoms with Crippen molar-refractivity contribution < 1.29 is 37.1 Å². The van der Waals surface area contributed by atoms with E-state index in [2.05, 4.69) is 10.6 Å². The lowest BCUT2D eigenvalue weighted by atomic mass is 9.84. The zero-order valence-electron chi connectivity index (χ0n) is 14.8. The van der Waals surface area contributed by atoms with E-state index in [1.54, 1.807) is 12.1 Å². The summed E-state index contributed by atoms with van der Waals surface area (Å²) in [6.45, 7) is 2.01. The van der Waals surface area contributed by atoms with Crippen molar-refractivity contribution in [2.75, 3.05) is 13.1 Å². The number of carboxylic acids is 1. The van der Waals surface area contributed by atoms with Gasteiger partial charge in [-0.1, -0.05) is 24.3 Å². The van der Waals surface area contributed by atoms with Crippen molar-refractivity contribution in [2.45, 2.75) is 43.4 Å². The van der Waals surface area contributed by atoms with Crippen molar-refractivity contribution in [1.82, 2.24) is 10.6 Å². The summed E-state index contributed by atoms with van der Waals surface area (Å²) in [5, 5.41) is 12.5. The highest BCUT2D eigenvalue weighted by atomic mass is 19.4. The Morgan fingerprint density at radius 3 is 2.11 bits per heavy atom. The molecule has 0 spiro atoms. The number of benzene rings is 1. The van der Waals surface area contributed by atoms with Gasteiger partial charge in [-0.3, -0.25) is 14.9 Å². The van der Waals surface area contributed by atoms with Crippen molar-refractivity contribution in [3.05, 3.63) is 35.4 Å². The van der Waals surface area contributed by atoms with Gasteiger partial charge < -0.3 is 10.4 Å². The second-order valence-corrected chi connectivity index (χ2v) is 6.63. The molecule has 0 bridgehead atoms. The third-order valence-electron chi connectivity index (χ3n) is 4.73. The largest absolute Gasteiger partial charge is 0.490 e. The highest BCUT2D eigenvalue weighted by molar-refractivity contribution is 6.02. The number of amides is 2. The van der Waals surface area contributed by atoms with Gasteiger partial charge in [-0.15, -0.1) is 0 Å². The van der Waals surface area contributed by atoms with Crippen molar-refractivity contribution in [1.29, 1.82) is 0 Å². The molecule has 1 aromatic carbocycles. The van der Waals surface area contributed by atoms with E-state index < -0.39 is 29.6 Å². The summed E-state index contributed by atoms with van der Waals surface area (Å²) in [5.41, 5.74) is -0.554. The van der Waals surface area contributed by atoms with Crippen LogP contribution in [0, 0.1) is 0 Å². The fourth-order valence-electron chi connectivity index (χ4n) is 3.14. The Labute approximate surface area is 158 Å². The molecule has 6 nitrogen and oxygen atoms in total. The molecule has 28 heavy (non-hydrogen) atoms. The lowest BCUT2D eigenvalue weighted by Gasteiger charge is -2.29. The summed E-state index contributed by atoms with van der Waals surface area (Å²) < 4.78 is 46.6. The molecule has 10 heteroatoms. The van der Waals surface area contributed by atoms with Crippen LogP contribution in [-0.4, -0.2) is 42.2 Å². The first-order valence-electron chi connectivity index (χ1n) is 8.68. The van der Waals surface area contributed by atoms with Crippen LogP contribution in [0.3, 0.4) is 0 Å². The van der Waals surface area contributed by atoms with E-state index in [1.165, 1.54) is 5.56 Å². The Morgan fingerprint density at radius 2 is 1.64 bits per heavy atom. The minimum absolute atomic E-state index is 0.0400. The molecule has 1 aromatic rings. The van der Waals surface area contributed by atoms with Crippen LogP contribution in [0.15, 0.2) is 24.3 Å². The molecular formula is C18H20F4N2O4. The van der Waals surface area contributed by atoms with Crippen molar-refractivity contribution in [2.24, 2.45) is 0 Å². The number of halogens is 4. The Kier molecular flexibility index (Phi) is 6.76. The first-order chi connectivity index (χ1) is 13.0. The monoisotopic (exact) mass is 404 g/mol. The lowest BCUT2D eigenvalue weighted by molar-refractivity contribution is -0.192. The van der Waals surface area contributed by atoms with Gasteiger partial charge in [0.25, 0.3) is 5.91 Å². The average Bonchev–Trinajstić information content (AvgIpc) is 2.66. The zero-order chi connectivity index (χ0) is 20.9. The Morgan fingerprint density at radius 1 is 1.11 bits per heavy atom. The quantitative estimate of drug-likeness (QED) is 0.520. The fraction of sp³-hybridized carbons (Fsp3) is 0.500. The lowest BCUT2D eigenvalue weighted by Crippen LogP contribution is -2.49. The minimum atomic E-state index is -5.08. The highest BCUT2D eigenvalue weighted by Gasteiger charge is 2.44. The second-order valence-electron chi connectivity index (χ2n) is 6.63. The molecule has 1 atom stereocenters. The molecule has 0 radical (unpaired) electrons. The van der Waals surface area contributed by atoms with E-state index in [4.69, 9.17) is 9.90 Å². The molecule has 2 aliphatic heterocycles. The molecule has 3 rings (SSSR count). The molecule has 1 unspecified atom stereocenters. The summed E-state index contributed by atoms with van der Waals surface area (Å²) in [4.78, 5) is 31.8. The standard InChI is InChI=1S/C16H19FN2O2.C2HF3O2/c17-16(8-5-14(20)19-15(16)21)13-3-1-11(2-4-13)12-6-9-18-10-7-12;3-2(4,5)1(6)7/h1-4,12,18H,5-10H2,(H,19,20,21);(H,6,7). The SMILES string of the molecule is O=C(O)C(F)(F)F.O=C1CCC(F)(c2ccc(C3CCNCC3)cc2)C(=O)N1. The molecule has 2 heterocycles. The second kappa shape index (κ2) is 8.68. The van der Waals surface area contributed by atoms with Crippen LogP contribution in [-0.2, 0) is 20.1 Å². The molecule has 154 valence electrons. The van der Waals surface area contributed by atoms with Gasteiger partial charge in [0.2, 0.25) is 11.6 Å². The van der Waals surface area contributed by atoms with E-state index in [-0.39, 0.29) is 12.8 Å². The number of piperidine rings is 2. The van der Waals surface area contributed by atoms with Gasteiger partial charge in [-0.05, 0) is 43.0 Å². The van der Waals surface area contributed by atoms with Gasteiger partial charge in [0, 0.05) is 12.8 Å². The minimum Gasteiger partial charge on any atom is -0.475 e. The maximum absolute atomic E-state index is 14.9. The number of rotatable bonds is 2. The maximum atomic E-state index is 14.9. The maximum Gasteiger partial charge on any atom is 0.490 e. The Bertz CT molecular complexity index is 730. The van der Waals surface area contributed by atoms with Gasteiger partial charge in [-0.25, -0.2) is 9.18 Å². The number of aliphatic carboxylic acids is 1. The molecule has 0 saturated carbocycles. The molecule has 0 aromatic heterocycles. The van der Waals surface area contributed by atoms with Crippen LogP contribution in [0.25, 0.3) is 0 Å². The number of carbonyl (C=O) groups is 3. The van der Waals surface area contributed by atoms with Gasteiger partial charge in [0.1, 0.15) is 0 Å². The molecule has 2 amide bonds. The number of imide groups is 1. The molecule has 2 saturated heterocycles. The van der Waals surface area contributed by atoms with Crippen LogP contribution in [0.1, 0.15) is 42.7 Å². The van der Waals surface area contributed by atoms with E-state index >= 15 is 0 Å². The summed E-state index contributed by atoms with van der Waals surface area (Å²) in [6.07, 6.45) is -2.97. The topological polar surface area (TPSA) is 95.5 Å². The van der Waals surface area contributed by atoms with Gasteiger partial charge in [0.05, 0.1) is 0 Å². The van der Waals surface area contributed by atoms with Gasteiger partial charge in [0.15, 0.2) is 0 Å². The van der Waals surface area contributed by atoms with E-state index in [1.807, 2.05) is 12.1 Å². The van der Waals surface area contributed by atoms with Gasteiger partial charge in [-0.2, -0.15) is 13.2 Å². The molecular weight excluding hydrogens is 384 g/mol. The Balaban J connectivity index is 0.000000345. The zero-order valence-corrected chi connectivity index (χ0v) is 14.8. The third-order valence-corrected chi connectivity index (χ3v) is 4.73. The van der Waals surface area contributed by atoms with Gasteiger partial charge >= 0.3 is 12.1 Å². The van der Waals surface area contributed by atoms with Crippen LogP contribution < -0.4 is 10.6 Å². The van der Waals surface area contributed by atoms with Crippen LogP contribution in [0.5, 0.6) is 0 Å². The summed E-state index contributed by atoms with van der Waals surface area (Å²) >= 11 is 0. The number of hydrogen-bond acceptors (Lipinski definition) is 4. The first-order valence-corrected chi connectivity index (χ1v) is 8.68. The van der Waals surface area contributed by atoms with Crippen molar-refractivity contribution >= 4 is 17.8 Å². The van der Waals surface area contributed by atoms with Crippen molar-refractivity contribution in [3.8, 4) is 0 Å². The number of carbonyl (C=O) groups excluding carboxylic acids is 2. The van der Waals surface area contributed by atoms with Crippen LogP contribution >= 0.6 is 0 Å². The fourth-order valence-corrected chi connectivity index (χ4v) is 3.14. The molecule has 2 aliphatic rings. The first kappa shape index (κ1) is 21.8. The summed E-state index contributed by atoms with van der Waals surface area (Å²) in [5.74, 6) is -3.50. The Hall–Kier alpha value is -2.49. The predicted octanol–water partition coefficient (Wildman–Crippen LogP) is 2.39. The number of nitrogens with one attached hydrogen (secondary N) is 2. The van der Waals surface area contributed by atoms with Crippen molar-refractivity contribution in [3.63, 3.8) is 0 Å². The molecule has 3 N–H and O–H groups in total. The smallest absolute Gasteiger partial charge is 0.475 e.